The van der Waals surface area contributed by atoms with Crippen LogP contribution in [0.3, 0.4) is 0 Å². The number of carbonyl (C=O) groups excluding carboxylic acids is 1. The minimum Gasteiger partial charge on any atom is -0.462 e. The van der Waals surface area contributed by atoms with E-state index < -0.39 is 6.10 Å². The molecule has 5 heteroatoms. The van der Waals surface area contributed by atoms with Gasteiger partial charge >= 0.3 is 5.97 Å². The van der Waals surface area contributed by atoms with Gasteiger partial charge in [-0.1, -0.05) is 0 Å². The maximum absolute atomic E-state index is 11.4. The number of carbonyl (C=O) groups is 1. The van der Waals surface area contributed by atoms with Gasteiger partial charge < -0.3 is 20.3 Å². The molecule has 0 aliphatic rings. The quantitative estimate of drug-likeness (QED) is 0.634. The third-order valence-electron chi connectivity index (χ3n) is 2.15. The molecular weight excluding hydrogens is 222 g/mol. The number of aliphatic hydroxyl groups is 2. The van der Waals surface area contributed by atoms with Gasteiger partial charge in [-0.25, -0.2) is 4.79 Å². The second-order valence-electron chi connectivity index (χ2n) is 3.52. The van der Waals surface area contributed by atoms with Crippen LogP contribution < -0.4 is 5.32 Å². The summed E-state index contributed by atoms with van der Waals surface area (Å²) in [4.78, 5) is 11.4. The second kappa shape index (κ2) is 6.88. The molecular formula is C12H17NO4. The average molecular weight is 239 g/mol. The van der Waals surface area contributed by atoms with Gasteiger partial charge in [-0.3, -0.25) is 0 Å². The van der Waals surface area contributed by atoms with Crippen molar-refractivity contribution in [1.82, 2.24) is 0 Å². The van der Waals surface area contributed by atoms with Gasteiger partial charge in [-0.05, 0) is 31.2 Å². The summed E-state index contributed by atoms with van der Waals surface area (Å²) in [5, 5.41) is 20.7. The van der Waals surface area contributed by atoms with Crippen molar-refractivity contribution < 1.29 is 19.7 Å². The molecule has 0 amide bonds. The maximum Gasteiger partial charge on any atom is 0.338 e. The number of hydrogen-bond acceptors (Lipinski definition) is 5. The average Bonchev–Trinajstić information content (AvgIpc) is 2.36. The highest BCUT2D eigenvalue weighted by Crippen LogP contribution is 2.10. The van der Waals surface area contributed by atoms with Gasteiger partial charge in [-0.2, -0.15) is 0 Å². The molecule has 0 aromatic heterocycles. The van der Waals surface area contributed by atoms with E-state index in [4.69, 9.17) is 14.9 Å². The Hall–Kier alpha value is -1.59. The highest BCUT2D eigenvalue weighted by Gasteiger charge is 2.06. The van der Waals surface area contributed by atoms with Crippen LogP contribution >= 0.6 is 0 Å². The molecule has 0 fully saturated rings. The van der Waals surface area contributed by atoms with Crippen molar-refractivity contribution in [3.05, 3.63) is 29.8 Å². The summed E-state index contributed by atoms with van der Waals surface area (Å²) >= 11 is 0. The van der Waals surface area contributed by atoms with E-state index >= 15 is 0 Å². The molecule has 1 aromatic rings. The topological polar surface area (TPSA) is 78.8 Å². The maximum atomic E-state index is 11.4. The molecule has 0 aliphatic heterocycles. The van der Waals surface area contributed by atoms with Crippen molar-refractivity contribution in [3.63, 3.8) is 0 Å². The predicted octanol–water partition coefficient (Wildman–Crippen LogP) is 0.628. The zero-order valence-electron chi connectivity index (χ0n) is 9.72. The zero-order chi connectivity index (χ0) is 12.7. The van der Waals surface area contributed by atoms with Crippen LogP contribution in [-0.2, 0) is 4.74 Å². The number of esters is 1. The third kappa shape index (κ3) is 4.42. The van der Waals surface area contributed by atoms with Crippen molar-refractivity contribution in [3.8, 4) is 0 Å². The van der Waals surface area contributed by atoms with Crippen molar-refractivity contribution in [1.29, 1.82) is 0 Å². The molecule has 1 atom stereocenters. The van der Waals surface area contributed by atoms with Gasteiger partial charge in [0.15, 0.2) is 0 Å². The van der Waals surface area contributed by atoms with Crippen molar-refractivity contribution in [2.24, 2.45) is 0 Å². The van der Waals surface area contributed by atoms with Crippen molar-refractivity contribution in [2.75, 3.05) is 25.1 Å². The van der Waals surface area contributed by atoms with Crippen LogP contribution in [0.5, 0.6) is 0 Å². The van der Waals surface area contributed by atoms with Gasteiger partial charge in [0.1, 0.15) is 0 Å². The van der Waals surface area contributed by atoms with E-state index in [1.54, 1.807) is 31.2 Å². The summed E-state index contributed by atoms with van der Waals surface area (Å²) in [5.74, 6) is -0.352. The number of rotatable bonds is 6. The largest absolute Gasteiger partial charge is 0.462 e. The van der Waals surface area contributed by atoms with Crippen LogP contribution in [0.1, 0.15) is 17.3 Å². The minimum atomic E-state index is -0.792. The Balaban J connectivity index is 2.53. The molecule has 0 aliphatic carbocycles. The molecule has 0 heterocycles. The van der Waals surface area contributed by atoms with Crippen LogP contribution in [0.15, 0.2) is 24.3 Å². The summed E-state index contributed by atoms with van der Waals surface area (Å²) in [7, 11) is 0. The lowest BCUT2D eigenvalue weighted by atomic mass is 10.2. The Bertz CT molecular complexity index is 350. The molecule has 0 saturated carbocycles. The zero-order valence-corrected chi connectivity index (χ0v) is 9.72. The van der Waals surface area contributed by atoms with E-state index in [0.717, 1.165) is 5.69 Å². The van der Waals surface area contributed by atoms with E-state index in [1.807, 2.05) is 0 Å². The molecule has 94 valence electrons. The standard InChI is InChI=1S/C12H17NO4/c1-2-17-12(16)9-3-5-10(6-4-9)13-7-11(15)8-14/h3-6,11,13-15H,2,7-8H2,1H3. The molecule has 3 N–H and O–H groups in total. The molecule has 1 aromatic carbocycles. The summed E-state index contributed by atoms with van der Waals surface area (Å²) in [6, 6.07) is 6.73. The number of ether oxygens (including phenoxy) is 1. The van der Waals surface area contributed by atoms with Gasteiger partial charge in [0, 0.05) is 12.2 Å². The molecule has 0 spiro atoms. The number of hydrogen-bond donors (Lipinski definition) is 3. The molecule has 1 rings (SSSR count). The summed E-state index contributed by atoms with van der Waals surface area (Å²) < 4.78 is 4.85. The molecule has 0 saturated heterocycles. The molecule has 1 unspecified atom stereocenters. The van der Waals surface area contributed by atoms with Crippen LogP contribution in [0.4, 0.5) is 5.69 Å². The van der Waals surface area contributed by atoms with Gasteiger partial charge in [0.05, 0.1) is 24.9 Å². The Kier molecular flexibility index (Phi) is 5.45. The SMILES string of the molecule is CCOC(=O)c1ccc(NCC(O)CO)cc1. The molecule has 0 radical (unpaired) electrons. The van der Waals surface area contributed by atoms with E-state index in [9.17, 15) is 4.79 Å². The smallest absolute Gasteiger partial charge is 0.338 e. The van der Waals surface area contributed by atoms with E-state index in [-0.39, 0.29) is 19.1 Å². The highest BCUT2D eigenvalue weighted by molar-refractivity contribution is 5.89. The third-order valence-corrected chi connectivity index (χ3v) is 2.15. The van der Waals surface area contributed by atoms with Crippen LogP contribution in [0, 0.1) is 0 Å². The Morgan fingerprint density at radius 1 is 1.41 bits per heavy atom. The second-order valence-corrected chi connectivity index (χ2v) is 3.52. The summed E-state index contributed by atoms with van der Waals surface area (Å²) in [5.41, 5.74) is 1.26. The number of benzene rings is 1. The number of anilines is 1. The fraction of sp³-hybridized carbons (Fsp3) is 0.417. The molecule has 17 heavy (non-hydrogen) atoms. The Morgan fingerprint density at radius 3 is 2.59 bits per heavy atom. The Labute approximate surface area is 100 Å². The molecule has 0 bridgehead atoms. The van der Waals surface area contributed by atoms with E-state index in [1.165, 1.54) is 0 Å². The van der Waals surface area contributed by atoms with Gasteiger partial charge in [0.25, 0.3) is 0 Å². The molecule has 5 nitrogen and oxygen atoms in total. The first-order valence-electron chi connectivity index (χ1n) is 5.47. The van der Waals surface area contributed by atoms with Crippen molar-refractivity contribution in [2.45, 2.75) is 13.0 Å². The lowest BCUT2D eigenvalue weighted by molar-refractivity contribution is 0.0526. The van der Waals surface area contributed by atoms with Crippen LogP contribution in [0.2, 0.25) is 0 Å². The normalized spacial score (nSPS) is 11.9. The summed E-state index contributed by atoms with van der Waals surface area (Å²) in [6.07, 6.45) is -0.792. The van der Waals surface area contributed by atoms with E-state index in [0.29, 0.717) is 12.2 Å². The fourth-order valence-electron chi connectivity index (χ4n) is 1.24. The highest BCUT2D eigenvalue weighted by atomic mass is 16.5. The van der Waals surface area contributed by atoms with E-state index in [2.05, 4.69) is 5.32 Å². The number of aliphatic hydroxyl groups excluding tert-OH is 2. The predicted molar refractivity (Wildman–Crippen MR) is 64.0 cm³/mol. The van der Waals surface area contributed by atoms with Crippen molar-refractivity contribution >= 4 is 11.7 Å². The minimum absolute atomic E-state index is 0.259. The lowest BCUT2D eigenvalue weighted by Gasteiger charge is -2.10. The van der Waals surface area contributed by atoms with Crippen LogP contribution in [0.25, 0.3) is 0 Å². The van der Waals surface area contributed by atoms with Gasteiger partial charge in [-0.15, -0.1) is 0 Å². The monoisotopic (exact) mass is 239 g/mol. The first kappa shape index (κ1) is 13.5. The van der Waals surface area contributed by atoms with Crippen LogP contribution in [-0.4, -0.2) is 42.0 Å². The first-order valence-corrected chi connectivity index (χ1v) is 5.47. The lowest BCUT2D eigenvalue weighted by Crippen LogP contribution is -2.22. The fourth-order valence-corrected chi connectivity index (χ4v) is 1.24. The summed E-state index contributed by atoms with van der Waals surface area (Å²) in [6.45, 7) is 2.08. The number of nitrogens with one attached hydrogen (secondary N) is 1. The Morgan fingerprint density at radius 2 is 2.06 bits per heavy atom. The van der Waals surface area contributed by atoms with Gasteiger partial charge in [0.2, 0.25) is 0 Å². The first-order chi connectivity index (χ1) is 8.17.